The van der Waals surface area contributed by atoms with Crippen molar-refractivity contribution >= 4 is 44.8 Å². The smallest absolute Gasteiger partial charge is 0.361 e. The van der Waals surface area contributed by atoms with Crippen LogP contribution in [0.2, 0.25) is 0 Å². The summed E-state index contributed by atoms with van der Waals surface area (Å²) in [4.78, 5) is 30.9. The Kier molecular flexibility index (Phi) is 5.09. The highest BCUT2D eigenvalue weighted by Crippen LogP contribution is 2.40. The highest BCUT2D eigenvalue weighted by atomic mass is 19.4. The first-order valence-electron chi connectivity index (χ1n) is 10.7. The van der Waals surface area contributed by atoms with Crippen LogP contribution in [0.25, 0.3) is 33.0 Å². The predicted octanol–water partition coefficient (Wildman–Crippen LogP) is 4.27. The van der Waals surface area contributed by atoms with E-state index in [1.54, 1.807) is 17.0 Å². The Hall–Kier alpha value is -3.85. The molecule has 0 saturated carbocycles. The first-order valence-corrected chi connectivity index (χ1v) is 10.7. The van der Waals surface area contributed by atoms with Gasteiger partial charge in [0.15, 0.2) is 0 Å². The van der Waals surface area contributed by atoms with Crippen molar-refractivity contribution in [3.8, 4) is 0 Å². The lowest BCUT2D eigenvalue weighted by Crippen LogP contribution is -2.22. The molecule has 3 heterocycles. The topological polar surface area (TPSA) is 70.1 Å². The number of likely N-dealkylation sites (N-methyl/N-ethyl adjacent to an activating group) is 1. The van der Waals surface area contributed by atoms with E-state index in [-0.39, 0.29) is 11.1 Å². The standard InChI is InChI=1S/C25H21F3N4O2/c1-31(2)9-10-32-13-18(16-8-7-14(11-20(16)32)25(26,27)28)22-21(23(33)30-24(22)34)17-12-29-19-6-4-3-5-15(17)19/h3-8,11-13,29H,9-10H2,1-2H3,(H,30,33,34). The fourth-order valence-corrected chi connectivity index (χ4v) is 4.41. The van der Waals surface area contributed by atoms with Gasteiger partial charge in [-0.05, 0) is 32.3 Å². The Balaban J connectivity index is 1.77. The molecule has 6 nitrogen and oxygen atoms in total. The maximum absolute atomic E-state index is 13.4. The van der Waals surface area contributed by atoms with E-state index in [0.717, 1.165) is 23.0 Å². The SMILES string of the molecule is CN(C)CCn1cc(C2=C(c3c[nH]c4ccccc34)C(=O)NC2=O)c2ccc(C(F)(F)F)cc21. The van der Waals surface area contributed by atoms with E-state index in [2.05, 4.69) is 10.3 Å². The molecule has 2 N–H and O–H groups in total. The van der Waals surface area contributed by atoms with Crippen LogP contribution >= 0.6 is 0 Å². The summed E-state index contributed by atoms with van der Waals surface area (Å²) in [5.74, 6) is -1.11. The van der Waals surface area contributed by atoms with Gasteiger partial charge in [0.25, 0.3) is 11.8 Å². The number of benzene rings is 2. The summed E-state index contributed by atoms with van der Waals surface area (Å²) in [7, 11) is 3.74. The van der Waals surface area contributed by atoms with Crippen molar-refractivity contribution in [3.63, 3.8) is 0 Å². The highest BCUT2D eigenvalue weighted by Gasteiger charge is 2.36. The Morgan fingerprint density at radius 2 is 1.65 bits per heavy atom. The second-order valence-electron chi connectivity index (χ2n) is 8.55. The van der Waals surface area contributed by atoms with Crippen LogP contribution in [0, 0.1) is 0 Å². The molecule has 34 heavy (non-hydrogen) atoms. The van der Waals surface area contributed by atoms with E-state index in [4.69, 9.17) is 0 Å². The van der Waals surface area contributed by atoms with Gasteiger partial charge in [0.2, 0.25) is 0 Å². The molecule has 1 aliphatic heterocycles. The number of nitrogens with one attached hydrogen (secondary N) is 2. The molecule has 0 spiro atoms. The van der Waals surface area contributed by atoms with Gasteiger partial charge >= 0.3 is 6.18 Å². The summed E-state index contributed by atoms with van der Waals surface area (Å²) < 4.78 is 42.0. The van der Waals surface area contributed by atoms with Crippen molar-refractivity contribution in [2.45, 2.75) is 12.7 Å². The van der Waals surface area contributed by atoms with Crippen molar-refractivity contribution in [1.82, 2.24) is 19.8 Å². The zero-order valence-corrected chi connectivity index (χ0v) is 18.5. The van der Waals surface area contributed by atoms with Crippen LogP contribution in [0.1, 0.15) is 16.7 Å². The zero-order valence-electron chi connectivity index (χ0n) is 18.5. The normalized spacial score (nSPS) is 14.8. The van der Waals surface area contributed by atoms with E-state index in [1.165, 1.54) is 6.07 Å². The van der Waals surface area contributed by atoms with Gasteiger partial charge in [-0.3, -0.25) is 14.9 Å². The molecule has 2 aromatic carbocycles. The van der Waals surface area contributed by atoms with Gasteiger partial charge in [0, 0.05) is 58.4 Å². The summed E-state index contributed by atoms with van der Waals surface area (Å²) in [6, 6.07) is 10.9. The van der Waals surface area contributed by atoms with Crippen LogP contribution in [0.4, 0.5) is 13.2 Å². The molecule has 0 saturated heterocycles. The number of hydrogen-bond acceptors (Lipinski definition) is 3. The third-order valence-electron chi connectivity index (χ3n) is 6.06. The Morgan fingerprint density at radius 3 is 2.35 bits per heavy atom. The molecule has 0 unspecified atom stereocenters. The first-order chi connectivity index (χ1) is 16.1. The Morgan fingerprint density at radius 1 is 0.941 bits per heavy atom. The molecular formula is C25H21F3N4O2. The summed E-state index contributed by atoms with van der Waals surface area (Å²) >= 11 is 0. The van der Waals surface area contributed by atoms with Gasteiger partial charge in [-0.25, -0.2) is 0 Å². The van der Waals surface area contributed by atoms with Crippen LogP contribution in [0.5, 0.6) is 0 Å². The second kappa shape index (κ2) is 7.88. The average Bonchev–Trinajstić information content (AvgIpc) is 3.44. The van der Waals surface area contributed by atoms with Crippen LogP contribution in [0.15, 0.2) is 54.9 Å². The third kappa shape index (κ3) is 3.58. The number of para-hydroxylation sites is 1. The number of carbonyl (C=O) groups is 2. The summed E-state index contributed by atoms with van der Waals surface area (Å²) in [5.41, 5.74) is 1.73. The van der Waals surface area contributed by atoms with Crippen molar-refractivity contribution in [3.05, 3.63) is 71.5 Å². The lowest BCUT2D eigenvalue weighted by molar-refractivity contribution is -0.137. The molecule has 0 fully saturated rings. The lowest BCUT2D eigenvalue weighted by atomic mass is 9.95. The van der Waals surface area contributed by atoms with Crippen LogP contribution < -0.4 is 5.32 Å². The van der Waals surface area contributed by atoms with E-state index < -0.39 is 23.6 Å². The minimum atomic E-state index is -4.50. The first kappa shape index (κ1) is 22.0. The molecule has 1 aliphatic rings. The molecule has 9 heteroatoms. The number of amides is 2. The number of fused-ring (bicyclic) bond motifs is 2. The van der Waals surface area contributed by atoms with Gasteiger partial charge in [-0.1, -0.05) is 24.3 Å². The van der Waals surface area contributed by atoms with Gasteiger partial charge < -0.3 is 14.5 Å². The fourth-order valence-electron chi connectivity index (χ4n) is 4.41. The zero-order chi connectivity index (χ0) is 24.2. The van der Waals surface area contributed by atoms with E-state index >= 15 is 0 Å². The quantitative estimate of drug-likeness (QED) is 0.432. The summed E-state index contributed by atoms with van der Waals surface area (Å²) in [6.07, 6.45) is -1.16. The van der Waals surface area contributed by atoms with Crippen LogP contribution in [-0.2, 0) is 22.3 Å². The molecule has 4 aromatic rings. The van der Waals surface area contributed by atoms with E-state index in [0.29, 0.717) is 35.1 Å². The van der Waals surface area contributed by atoms with Crippen LogP contribution in [-0.4, -0.2) is 46.9 Å². The Labute approximate surface area is 192 Å². The molecular weight excluding hydrogens is 445 g/mol. The molecule has 0 bridgehead atoms. The molecule has 2 amide bonds. The number of nitrogens with zero attached hydrogens (tertiary/aromatic N) is 2. The van der Waals surface area contributed by atoms with Crippen LogP contribution in [0.3, 0.4) is 0 Å². The van der Waals surface area contributed by atoms with Gasteiger partial charge in [-0.15, -0.1) is 0 Å². The number of aromatic amines is 1. The summed E-state index contributed by atoms with van der Waals surface area (Å²) in [5, 5.41) is 3.61. The van der Waals surface area contributed by atoms with Crippen molar-refractivity contribution in [2.75, 3.05) is 20.6 Å². The number of hydrogen-bond donors (Lipinski definition) is 2. The molecule has 174 valence electrons. The fraction of sp³-hybridized carbons (Fsp3) is 0.200. The molecule has 2 aromatic heterocycles. The van der Waals surface area contributed by atoms with E-state index in [9.17, 15) is 22.8 Å². The molecule has 5 rings (SSSR count). The number of aromatic nitrogens is 2. The number of rotatable bonds is 5. The number of alkyl halides is 3. The maximum Gasteiger partial charge on any atom is 0.416 e. The minimum absolute atomic E-state index is 0.156. The largest absolute Gasteiger partial charge is 0.416 e. The van der Waals surface area contributed by atoms with Crippen molar-refractivity contribution in [1.29, 1.82) is 0 Å². The Bertz CT molecular complexity index is 1490. The van der Waals surface area contributed by atoms with Gasteiger partial charge in [0.05, 0.1) is 16.7 Å². The number of imide groups is 1. The van der Waals surface area contributed by atoms with Gasteiger partial charge in [-0.2, -0.15) is 13.2 Å². The van der Waals surface area contributed by atoms with Gasteiger partial charge in [0.1, 0.15) is 0 Å². The monoisotopic (exact) mass is 466 g/mol. The highest BCUT2D eigenvalue weighted by molar-refractivity contribution is 6.50. The minimum Gasteiger partial charge on any atom is -0.361 e. The maximum atomic E-state index is 13.4. The molecule has 0 radical (unpaired) electrons. The third-order valence-corrected chi connectivity index (χ3v) is 6.06. The lowest BCUT2D eigenvalue weighted by Gasteiger charge is -2.12. The van der Waals surface area contributed by atoms with Crippen molar-refractivity contribution in [2.24, 2.45) is 0 Å². The predicted molar refractivity (Wildman–Crippen MR) is 124 cm³/mol. The summed E-state index contributed by atoms with van der Waals surface area (Å²) in [6.45, 7) is 0.995. The molecule has 0 atom stereocenters. The molecule has 0 aliphatic carbocycles. The number of carbonyl (C=O) groups excluding carboxylic acids is 2. The van der Waals surface area contributed by atoms with Crippen molar-refractivity contribution < 1.29 is 22.8 Å². The second-order valence-corrected chi connectivity index (χ2v) is 8.55. The average molecular weight is 466 g/mol. The number of H-pyrrole nitrogens is 1. The number of halogens is 3. The van der Waals surface area contributed by atoms with E-state index in [1.807, 2.05) is 43.3 Å².